The summed E-state index contributed by atoms with van der Waals surface area (Å²) in [4.78, 5) is 24.3. The maximum absolute atomic E-state index is 12.9. The molecular formula is C19H14BrNO3. The van der Waals surface area contributed by atoms with E-state index in [0.29, 0.717) is 11.3 Å². The second-order valence-electron chi connectivity index (χ2n) is 5.14. The highest BCUT2D eigenvalue weighted by atomic mass is 79.9. The predicted molar refractivity (Wildman–Crippen MR) is 96.9 cm³/mol. The number of halogens is 1. The van der Waals surface area contributed by atoms with Crippen LogP contribution in [0.5, 0.6) is 0 Å². The number of aromatic nitrogens is 1. The molecule has 2 aromatic carbocycles. The second kappa shape index (κ2) is 6.84. The van der Waals surface area contributed by atoms with E-state index in [4.69, 9.17) is 0 Å². The number of benzene rings is 2. The number of nitrogens with zero attached hydrogens (tertiary/aromatic N) is 1. The number of hydrogen-bond acceptors (Lipinski definition) is 3. The molecule has 0 unspecified atom stereocenters. The second-order valence-corrected chi connectivity index (χ2v) is 6.05. The van der Waals surface area contributed by atoms with Crippen molar-refractivity contribution in [3.05, 3.63) is 76.4 Å². The normalized spacial score (nSPS) is 11.1. The Morgan fingerprint density at radius 1 is 1.08 bits per heavy atom. The molecule has 0 spiro atoms. The summed E-state index contributed by atoms with van der Waals surface area (Å²) in [6, 6.07) is 16.6. The summed E-state index contributed by atoms with van der Waals surface area (Å²) in [6.07, 6.45) is 2.89. The largest absolute Gasteiger partial charge is 0.466 e. The molecule has 3 rings (SSSR count). The molecule has 0 bridgehead atoms. The quantitative estimate of drug-likeness (QED) is 0.500. The van der Waals surface area contributed by atoms with Crippen molar-refractivity contribution in [1.82, 2.24) is 4.57 Å². The highest BCUT2D eigenvalue weighted by molar-refractivity contribution is 9.10. The summed E-state index contributed by atoms with van der Waals surface area (Å²) >= 11 is 3.44. The van der Waals surface area contributed by atoms with E-state index in [1.54, 1.807) is 22.8 Å². The van der Waals surface area contributed by atoms with Gasteiger partial charge in [0.15, 0.2) is 0 Å². The number of hydrogen-bond donors (Lipinski definition) is 0. The van der Waals surface area contributed by atoms with Gasteiger partial charge in [-0.1, -0.05) is 34.1 Å². The van der Waals surface area contributed by atoms with Gasteiger partial charge >= 0.3 is 5.97 Å². The van der Waals surface area contributed by atoms with Crippen LogP contribution in [0, 0.1) is 0 Å². The van der Waals surface area contributed by atoms with Crippen molar-refractivity contribution < 1.29 is 14.3 Å². The fraction of sp³-hybridized carbons (Fsp3) is 0.0526. The molecule has 0 saturated carbocycles. The molecule has 3 aromatic rings. The van der Waals surface area contributed by atoms with Gasteiger partial charge in [0.1, 0.15) is 0 Å². The first-order valence-electron chi connectivity index (χ1n) is 7.27. The number of carbonyl (C=O) groups excluding carboxylic acids is 2. The van der Waals surface area contributed by atoms with E-state index >= 15 is 0 Å². The van der Waals surface area contributed by atoms with Crippen LogP contribution in [0.2, 0.25) is 0 Å². The molecule has 24 heavy (non-hydrogen) atoms. The molecule has 4 nitrogen and oxygen atoms in total. The molecule has 0 aliphatic rings. The molecule has 1 heterocycles. The minimum atomic E-state index is -0.472. The van der Waals surface area contributed by atoms with E-state index in [2.05, 4.69) is 20.7 Å². The summed E-state index contributed by atoms with van der Waals surface area (Å²) in [5, 5.41) is 0.901. The third-order valence-electron chi connectivity index (χ3n) is 3.61. The lowest BCUT2D eigenvalue weighted by Gasteiger charge is -2.07. The fourth-order valence-electron chi connectivity index (χ4n) is 2.49. The zero-order chi connectivity index (χ0) is 17.1. The van der Waals surface area contributed by atoms with E-state index in [1.165, 1.54) is 13.2 Å². The summed E-state index contributed by atoms with van der Waals surface area (Å²) in [6.45, 7) is 0. The van der Waals surface area contributed by atoms with Crippen LogP contribution in [0.3, 0.4) is 0 Å². The standard InChI is InChI=1S/C19H14BrNO3/c1-24-18(22)10-8-16-12-14-11-15(20)7-9-17(14)21(16)19(23)13-5-3-2-4-6-13/h2-12H,1H3/b10-8+. The van der Waals surface area contributed by atoms with Crippen LogP contribution in [0.15, 0.2) is 65.1 Å². The first-order chi connectivity index (χ1) is 11.6. The number of ether oxygens (including phenoxy) is 1. The smallest absolute Gasteiger partial charge is 0.330 e. The highest BCUT2D eigenvalue weighted by Crippen LogP contribution is 2.25. The van der Waals surface area contributed by atoms with Crippen molar-refractivity contribution >= 4 is 44.8 Å². The van der Waals surface area contributed by atoms with Crippen molar-refractivity contribution in [3.8, 4) is 0 Å². The third kappa shape index (κ3) is 3.16. The summed E-state index contributed by atoms with van der Waals surface area (Å²) in [7, 11) is 1.31. The molecule has 120 valence electrons. The minimum Gasteiger partial charge on any atom is -0.466 e. The van der Waals surface area contributed by atoms with Crippen LogP contribution in [0.1, 0.15) is 16.1 Å². The first kappa shape index (κ1) is 16.2. The molecule has 1 aromatic heterocycles. The third-order valence-corrected chi connectivity index (χ3v) is 4.10. The lowest BCUT2D eigenvalue weighted by molar-refractivity contribution is -0.134. The van der Waals surface area contributed by atoms with E-state index < -0.39 is 5.97 Å². The maximum atomic E-state index is 12.9. The van der Waals surface area contributed by atoms with Crippen molar-refractivity contribution in [2.24, 2.45) is 0 Å². The Labute approximate surface area is 147 Å². The SMILES string of the molecule is COC(=O)/C=C/c1cc2cc(Br)ccc2n1C(=O)c1ccccc1. The van der Waals surface area contributed by atoms with E-state index in [0.717, 1.165) is 15.4 Å². The zero-order valence-corrected chi connectivity index (χ0v) is 14.5. The van der Waals surface area contributed by atoms with Gasteiger partial charge < -0.3 is 4.74 Å². The molecule has 0 aliphatic heterocycles. The Balaban J connectivity index is 2.18. The average molecular weight is 384 g/mol. The van der Waals surface area contributed by atoms with E-state index in [-0.39, 0.29) is 5.91 Å². The summed E-state index contributed by atoms with van der Waals surface area (Å²) < 4.78 is 7.14. The van der Waals surface area contributed by atoms with Gasteiger partial charge in [-0.05, 0) is 42.5 Å². The Morgan fingerprint density at radius 2 is 1.83 bits per heavy atom. The highest BCUT2D eigenvalue weighted by Gasteiger charge is 2.15. The number of rotatable bonds is 3. The first-order valence-corrected chi connectivity index (χ1v) is 8.06. The number of esters is 1. The van der Waals surface area contributed by atoms with Crippen molar-refractivity contribution in [2.75, 3.05) is 7.11 Å². The van der Waals surface area contributed by atoms with Gasteiger partial charge in [-0.2, -0.15) is 0 Å². The molecule has 0 radical (unpaired) electrons. The molecule has 0 N–H and O–H groups in total. The van der Waals surface area contributed by atoms with Crippen LogP contribution in [0.4, 0.5) is 0 Å². The van der Waals surface area contributed by atoms with Crippen LogP contribution in [-0.4, -0.2) is 23.6 Å². The average Bonchev–Trinajstić information content (AvgIpc) is 2.97. The Bertz CT molecular complexity index is 942. The number of carbonyl (C=O) groups is 2. The van der Waals surface area contributed by atoms with Gasteiger partial charge in [0.05, 0.1) is 18.3 Å². The monoisotopic (exact) mass is 383 g/mol. The van der Waals surface area contributed by atoms with Crippen molar-refractivity contribution in [3.63, 3.8) is 0 Å². The molecule has 0 aliphatic carbocycles. The van der Waals surface area contributed by atoms with Crippen LogP contribution < -0.4 is 0 Å². The lowest BCUT2D eigenvalue weighted by atomic mass is 10.2. The molecule has 5 heteroatoms. The predicted octanol–water partition coefficient (Wildman–Crippen LogP) is 4.28. The Hall–Kier alpha value is -2.66. The van der Waals surface area contributed by atoms with Gasteiger partial charge in [0.25, 0.3) is 5.91 Å². The van der Waals surface area contributed by atoms with Crippen LogP contribution >= 0.6 is 15.9 Å². The Kier molecular flexibility index (Phi) is 4.62. The van der Waals surface area contributed by atoms with Gasteiger partial charge in [-0.15, -0.1) is 0 Å². The molecule has 0 atom stereocenters. The fourth-order valence-corrected chi connectivity index (χ4v) is 2.87. The van der Waals surface area contributed by atoms with Gasteiger partial charge in [0, 0.05) is 21.5 Å². The van der Waals surface area contributed by atoms with E-state index in [1.807, 2.05) is 42.5 Å². The maximum Gasteiger partial charge on any atom is 0.330 e. The van der Waals surface area contributed by atoms with Crippen LogP contribution in [-0.2, 0) is 9.53 Å². The van der Waals surface area contributed by atoms with E-state index in [9.17, 15) is 9.59 Å². The molecule has 0 amide bonds. The van der Waals surface area contributed by atoms with Gasteiger partial charge in [0.2, 0.25) is 0 Å². The Morgan fingerprint density at radius 3 is 2.54 bits per heavy atom. The van der Waals surface area contributed by atoms with Crippen molar-refractivity contribution in [2.45, 2.75) is 0 Å². The van der Waals surface area contributed by atoms with Gasteiger partial charge in [-0.25, -0.2) is 4.79 Å². The molecule has 0 saturated heterocycles. The van der Waals surface area contributed by atoms with Crippen molar-refractivity contribution in [1.29, 1.82) is 0 Å². The molecular weight excluding hydrogens is 370 g/mol. The van der Waals surface area contributed by atoms with Gasteiger partial charge in [-0.3, -0.25) is 9.36 Å². The lowest BCUT2D eigenvalue weighted by Crippen LogP contribution is -2.13. The zero-order valence-electron chi connectivity index (χ0n) is 12.9. The number of fused-ring (bicyclic) bond motifs is 1. The topological polar surface area (TPSA) is 48.3 Å². The summed E-state index contributed by atoms with van der Waals surface area (Å²) in [5.41, 5.74) is 1.96. The molecule has 0 fully saturated rings. The summed E-state index contributed by atoms with van der Waals surface area (Å²) in [5.74, 6) is -0.627. The number of methoxy groups -OCH3 is 1. The minimum absolute atomic E-state index is 0.155. The van der Waals surface area contributed by atoms with Crippen LogP contribution in [0.25, 0.3) is 17.0 Å².